The van der Waals surface area contributed by atoms with Gasteiger partial charge in [0.15, 0.2) is 11.6 Å². The second-order valence-electron chi connectivity index (χ2n) is 5.12. The van der Waals surface area contributed by atoms with Crippen molar-refractivity contribution in [3.8, 4) is 0 Å². The van der Waals surface area contributed by atoms with Crippen LogP contribution < -0.4 is 5.32 Å². The van der Waals surface area contributed by atoms with Crippen molar-refractivity contribution in [2.45, 2.75) is 44.8 Å². The minimum atomic E-state index is -1.16. The molecule has 1 saturated heterocycles. The maximum Gasteiger partial charge on any atom is 0.161 e. The summed E-state index contributed by atoms with van der Waals surface area (Å²) in [6.07, 6.45) is 3.45. The first kappa shape index (κ1) is 15.3. The first-order valence-electron chi connectivity index (χ1n) is 7.13. The van der Waals surface area contributed by atoms with Gasteiger partial charge in [-0.2, -0.15) is 0 Å². The third kappa shape index (κ3) is 3.52. The molecule has 112 valence electrons. The van der Waals surface area contributed by atoms with Gasteiger partial charge >= 0.3 is 0 Å². The predicted molar refractivity (Wildman–Crippen MR) is 70.9 cm³/mol. The lowest BCUT2D eigenvalue weighted by Gasteiger charge is -2.31. The standard InChI is InChI=1S/C15H20F3NO/c1-2-6-19-15(14-5-3-4-7-20-14)10-8-12(17)13(18)9-11(10)16/h8-9,14-15,19H,2-7H2,1H3. The largest absolute Gasteiger partial charge is 0.376 e. The van der Waals surface area contributed by atoms with Crippen LogP contribution in [0.1, 0.15) is 44.2 Å². The van der Waals surface area contributed by atoms with Crippen LogP contribution >= 0.6 is 0 Å². The number of rotatable bonds is 5. The normalized spacial score (nSPS) is 20.9. The van der Waals surface area contributed by atoms with Crippen LogP contribution in [0.25, 0.3) is 0 Å². The smallest absolute Gasteiger partial charge is 0.161 e. The van der Waals surface area contributed by atoms with E-state index in [1.807, 2.05) is 6.92 Å². The van der Waals surface area contributed by atoms with E-state index in [0.29, 0.717) is 19.2 Å². The highest BCUT2D eigenvalue weighted by atomic mass is 19.2. The molecule has 0 aromatic heterocycles. The Kier molecular flexibility index (Phi) is 5.43. The van der Waals surface area contributed by atoms with Gasteiger partial charge in [-0.05, 0) is 38.3 Å². The Balaban J connectivity index is 2.27. The summed E-state index contributed by atoms with van der Waals surface area (Å²) in [6, 6.07) is 1.11. The van der Waals surface area contributed by atoms with E-state index >= 15 is 0 Å². The third-order valence-corrected chi connectivity index (χ3v) is 3.58. The summed E-state index contributed by atoms with van der Waals surface area (Å²) in [5.74, 6) is -2.92. The van der Waals surface area contributed by atoms with E-state index in [4.69, 9.17) is 4.74 Å². The van der Waals surface area contributed by atoms with Gasteiger partial charge in [0.05, 0.1) is 12.1 Å². The molecule has 1 aromatic carbocycles. The first-order valence-corrected chi connectivity index (χ1v) is 7.13. The Morgan fingerprint density at radius 2 is 1.95 bits per heavy atom. The summed E-state index contributed by atoms with van der Waals surface area (Å²) >= 11 is 0. The zero-order valence-electron chi connectivity index (χ0n) is 11.6. The molecule has 1 aliphatic rings. The summed E-state index contributed by atoms with van der Waals surface area (Å²) in [7, 11) is 0. The summed E-state index contributed by atoms with van der Waals surface area (Å²) in [5, 5.41) is 3.19. The zero-order valence-corrected chi connectivity index (χ0v) is 11.6. The number of hydrogen-bond acceptors (Lipinski definition) is 2. The van der Waals surface area contributed by atoms with Gasteiger partial charge in [-0.25, -0.2) is 13.2 Å². The molecule has 1 aliphatic heterocycles. The lowest BCUT2D eigenvalue weighted by molar-refractivity contribution is -0.00894. The Morgan fingerprint density at radius 1 is 1.20 bits per heavy atom. The van der Waals surface area contributed by atoms with Crippen molar-refractivity contribution < 1.29 is 17.9 Å². The number of hydrogen-bond donors (Lipinski definition) is 1. The molecule has 1 fully saturated rings. The molecule has 0 saturated carbocycles. The van der Waals surface area contributed by atoms with Gasteiger partial charge in [-0.1, -0.05) is 6.92 Å². The van der Waals surface area contributed by atoms with E-state index in [1.54, 1.807) is 0 Å². The molecule has 2 nitrogen and oxygen atoms in total. The van der Waals surface area contributed by atoms with Gasteiger partial charge in [0.2, 0.25) is 0 Å². The third-order valence-electron chi connectivity index (χ3n) is 3.58. The van der Waals surface area contributed by atoms with E-state index in [9.17, 15) is 13.2 Å². The van der Waals surface area contributed by atoms with Crippen LogP contribution in [0.15, 0.2) is 12.1 Å². The molecule has 1 aromatic rings. The van der Waals surface area contributed by atoms with Gasteiger partial charge in [0.25, 0.3) is 0 Å². The summed E-state index contributed by atoms with van der Waals surface area (Å²) in [5.41, 5.74) is 0.143. The monoisotopic (exact) mass is 287 g/mol. The van der Waals surface area contributed by atoms with Gasteiger partial charge in [-0.15, -0.1) is 0 Å². The van der Waals surface area contributed by atoms with Crippen molar-refractivity contribution in [2.75, 3.05) is 13.2 Å². The molecule has 20 heavy (non-hydrogen) atoms. The summed E-state index contributed by atoms with van der Waals surface area (Å²) in [6.45, 7) is 3.29. The molecule has 2 atom stereocenters. The van der Waals surface area contributed by atoms with Crippen LogP contribution in [0.3, 0.4) is 0 Å². The quantitative estimate of drug-likeness (QED) is 0.834. The number of ether oxygens (including phenoxy) is 1. The average molecular weight is 287 g/mol. The number of halogens is 3. The van der Waals surface area contributed by atoms with Crippen molar-refractivity contribution in [1.82, 2.24) is 5.32 Å². The van der Waals surface area contributed by atoms with Crippen molar-refractivity contribution in [1.29, 1.82) is 0 Å². The molecular weight excluding hydrogens is 267 g/mol. The number of benzene rings is 1. The molecule has 0 amide bonds. The highest BCUT2D eigenvalue weighted by Gasteiger charge is 2.28. The Bertz CT molecular complexity index is 447. The Morgan fingerprint density at radius 3 is 2.60 bits per heavy atom. The Labute approximate surface area is 117 Å². The fourth-order valence-electron chi connectivity index (χ4n) is 2.55. The highest BCUT2D eigenvalue weighted by Crippen LogP contribution is 2.29. The molecule has 1 heterocycles. The Hall–Kier alpha value is -1.07. The van der Waals surface area contributed by atoms with Crippen molar-refractivity contribution in [3.63, 3.8) is 0 Å². The topological polar surface area (TPSA) is 21.3 Å². The van der Waals surface area contributed by atoms with Crippen LogP contribution in [0, 0.1) is 17.5 Å². The minimum absolute atomic E-state index is 0.143. The first-order chi connectivity index (χ1) is 9.63. The molecule has 0 radical (unpaired) electrons. The summed E-state index contributed by atoms with van der Waals surface area (Å²) < 4.78 is 46.1. The maximum atomic E-state index is 14.0. The molecule has 2 unspecified atom stereocenters. The SMILES string of the molecule is CCCNC(c1cc(F)c(F)cc1F)C1CCCCO1. The maximum absolute atomic E-state index is 14.0. The van der Waals surface area contributed by atoms with Crippen LogP contribution in [-0.2, 0) is 4.74 Å². The molecular formula is C15H20F3NO. The van der Waals surface area contributed by atoms with Crippen LogP contribution in [-0.4, -0.2) is 19.3 Å². The predicted octanol–water partition coefficient (Wildman–Crippen LogP) is 3.71. The summed E-state index contributed by atoms with van der Waals surface area (Å²) in [4.78, 5) is 0. The minimum Gasteiger partial charge on any atom is -0.376 e. The second-order valence-corrected chi connectivity index (χ2v) is 5.12. The lowest BCUT2D eigenvalue weighted by atomic mass is 9.95. The fraction of sp³-hybridized carbons (Fsp3) is 0.600. The van der Waals surface area contributed by atoms with Crippen molar-refractivity contribution >= 4 is 0 Å². The van der Waals surface area contributed by atoms with Crippen LogP contribution in [0.4, 0.5) is 13.2 Å². The van der Waals surface area contributed by atoms with Gasteiger partial charge in [0, 0.05) is 18.2 Å². The molecule has 1 N–H and O–H groups in total. The van der Waals surface area contributed by atoms with E-state index in [0.717, 1.165) is 31.7 Å². The fourth-order valence-corrected chi connectivity index (χ4v) is 2.55. The van der Waals surface area contributed by atoms with Gasteiger partial charge in [0.1, 0.15) is 5.82 Å². The van der Waals surface area contributed by atoms with E-state index in [2.05, 4.69) is 5.32 Å². The lowest BCUT2D eigenvalue weighted by Crippen LogP contribution is -2.37. The van der Waals surface area contributed by atoms with Crippen molar-refractivity contribution in [2.24, 2.45) is 0 Å². The van der Waals surface area contributed by atoms with E-state index < -0.39 is 23.5 Å². The average Bonchev–Trinajstić information content (AvgIpc) is 2.45. The van der Waals surface area contributed by atoms with E-state index in [1.165, 1.54) is 0 Å². The van der Waals surface area contributed by atoms with Crippen molar-refractivity contribution in [3.05, 3.63) is 35.1 Å². The molecule has 0 spiro atoms. The molecule has 2 rings (SSSR count). The molecule has 0 aliphatic carbocycles. The van der Waals surface area contributed by atoms with Gasteiger partial charge in [-0.3, -0.25) is 0 Å². The second kappa shape index (κ2) is 7.09. The number of nitrogens with one attached hydrogen (secondary N) is 1. The van der Waals surface area contributed by atoms with E-state index in [-0.39, 0.29) is 11.7 Å². The molecule has 5 heteroatoms. The van der Waals surface area contributed by atoms with Crippen LogP contribution in [0.5, 0.6) is 0 Å². The van der Waals surface area contributed by atoms with Gasteiger partial charge < -0.3 is 10.1 Å². The zero-order chi connectivity index (χ0) is 14.5. The van der Waals surface area contributed by atoms with Crippen LogP contribution in [0.2, 0.25) is 0 Å². The highest BCUT2D eigenvalue weighted by molar-refractivity contribution is 5.24. The molecule has 0 bridgehead atoms.